The van der Waals surface area contributed by atoms with E-state index in [1.54, 1.807) is 18.2 Å². The first-order chi connectivity index (χ1) is 9.07. The van der Waals surface area contributed by atoms with Crippen LogP contribution in [0.3, 0.4) is 0 Å². The number of nitrogens with one attached hydrogen (secondary N) is 2. The first-order valence-corrected chi connectivity index (χ1v) is 8.55. The lowest BCUT2D eigenvalue weighted by molar-refractivity contribution is -0.121. The number of carbonyl (C=O) groups excluding carboxylic acids is 1. The Morgan fingerprint density at radius 3 is 2.50 bits per heavy atom. The zero-order chi connectivity index (χ0) is 15.4. The molecule has 0 saturated heterocycles. The van der Waals surface area contributed by atoms with Crippen LogP contribution >= 0.6 is 15.9 Å². The number of sulfonamides is 1. The van der Waals surface area contributed by atoms with Crippen LogP contribution in [0.4, 0.5) is 0 Å². The Morgan fingerprint density at radius 1 is 1.30 bits per heavy atom. The van der Waals surface area contributed by atoms with Crippen LogP contribution < -0.4 is 10.0 Å². The molecule has 0 heterocycles. The summed E-state index contributed by atoms with van der Waals surface area (Å²) in [6, 6.07) is 7.04. The third-order valence-corrected chi connectivity index (χ3v) is 4.00. The van der Waals surface area contributed by atoms with Gasteiger partial charge in [0.2, 0.25) is 15.9 Å². The van der Waals surface area contributed by atoms with Gasteiger partial charge in [0, 0.05) is 10.0 Å². The Bertz CT molecular complexity index is 580. The summed E-state index contributed by atoms with van der Waals surface area (Å²) < 4.78 is 26.9. The predicted octanol–water partition coefficient (Wildman–Crippen LogP) is 1.78. The molecule has 0 fully saturated rings. The molecular weight excluding hydrogens is 344 g/mol. The second-order valence-corrected chi connectivity index (χ2v) is 8.23. The fourth-order valence-corrected chi connectivity index (χ4v) is 3.05. The third kappa shape index (κ3) is 7.02. The van der Waals surface area contributed by atoms with E-state index in [0.717, 1.165) is 4.47 Å². The fraction of sp³-hybridized carbons (Fsp3) is 0.462. The lowest BCUT2D eigenvalue weighted by atomic mass is 10.1. The molecule has 0 aliphatic rings. The van der Waals surface area contributed by atoms with Crippen molar-refractivity contribution in [2.24, 2.45) is 0 Å². The molecule has 0 bridgehead atoms. The zero-order valence-corrected chi connectivity index (χ0v) is 14.1. The van der Waals surface area contributed by atoms with Crippen LogP contribution in [0.25, 0.3) is 0 Å². The van der Waals surface area contributed by atoms with Gasteiger partial charge in [-0.3, -0.25) is 4.79 Å². The van der Waals surface area contributed by atoms with Crippen LogP contribution in [-0.4, -0.2) is 26.4 Å². The van der Waals surface area contributed by atoms with E-state index in [2.05, 4.69) is 26.0 Å². The van der Waals surface area contributed by atoms with Gasteiger partial charge in [0.25, 0.3) is 0 Å². The number of halogens is 1. The lowest BCUT2D eigenvalue weighted by Crippen LogP contribution is -2.45. The minimum atomic E-state index is -3.53. The quantitative estimate of drug-likeness (QED) is 0.838. The van der Waals surface area contributed by atoms with E-state index >= 15 is 0 Å². The number of amides is 1. The molecule has 0 spiro atoms. The van der Waals surface area contributed by atoms with Crippen molar-refractivity contribution in [1.82, 2.24) is 10.0 Å². The first-order valence-electron chi connectivity index (χ1n) is 6.10. The summed E-state index contributed by atoms with van der Waals surface area (Å²) >= 11 is 3.29. The van der Waals surface area contributed by atoms with Gasteiger partial charge in [0.1, 0.15) is 0 Å². The Kier molecular flexibility index (Phi) is 5.73. The minimum Gasteiger partial charge on any atom is -0.350 e. The van der Waals surface area contributed by atoms with Crippen LogP contribution in [0.1, 0.15) is 26.3 Å². The maximum absolute atomic E-state index is 11.9. The summed E-state index contributed by atoms with van der Waals surface area (Å²) in [6.45, 7) is 5.25. The van der Waals surface area contributed by atoms with Crippen molar-refractivity contribution < 1.29 is 13.2 Å². The van der Waals surface area contributed by atoms with Crippen molar-refractivity contribution in [3.05, 3.63) is 34.3 Å². The standard InChI is InChI=1S/C13H19BrN2O3S/c1-13(2,3)16-12(17)8-15-20(18,19)9-10-5-4-6-11(14)7-10/h4-7,15H,8-9H2,1-3H3,(H,16,17). The predicted molar refractivity (Wildman–Crippen MR) is 82.7 cm³/mol. The van der Waals surface area contributed by atoms with Gasteiger partial charge in [-0.1, -0.05) is 28.1 Å². The van der Waals surface area contributed by atoms with Gasteiger partial charge in [0.15, 0.2) is 0 Å². The summed E-state index contributed by atoms with van der Waals surface area (Å²) in [5, 5.41) is 2.69. The highest BCUT2D eigenvalue weighted by molar-refractivity contribution is 9.10. The number of hydrogen-bond donors (Lipinski definition) is 2. The Labute approximate surface area is 128 Å². The van der Waals surface area contributed by atoms with Crippen molar-refractivity contribution >= 4 is 31.9 Å². The van der Waals surface area contributed by atoms with E-state index in [-0.39, 0.29) is 23.7 Å². The SMILES string of the molecule is CC(C)(C)NC(=O)CNS(=O)(=O)Cc1cccc(Br)c1. The maximum Gasteiger partial charge on any atom is 0.235 e. The molecule has 1 rings (SSSR count). The highest BCUT2D eigenvalue weighted by Crippen LogP contribution is 2.13. The molecule has 1 amide bonds. The van der Waals surface area contributed by atoms with E-state index in [4.69, 9.17) is 0 Å². The molecule has 0 aliphatic heterocycles. The van der Waals surface area contributed by atoms with Gasteiger partial charge in [-0.15, -0.1) is 0 Å². The number of carbonyl (C=O) groups is 1. The molecule has 0 saturated carbocycles. The van der Waals surface area contributed by atoms with Crippen LogP contribution in [-0.2, 0) is 20.6 Å². The van der Waals surface area contributed by atoms with Crippen LogP contribution in [0.2, 0.25) is 0 Å². The van der Waals surface area contributed by atoms with Gasteiger partial charge >= 0.3 is 0 Å². The summed E-state index contributed by atoms with van der Waals surface area (Å²) in [5.74, 6) is -0.509. The molecular formula is C13H19BrN2O3S. The van der Waals surface area contributed by atoms with Crippen molar-refractivity contribution in [3.63, 3.8) is 0 Å². The lowest BCUT2D eigenvalue weighted by Gasteiger charge is -2.20. The van der Waals surface area contributed by atoms with E-state index in [1.165, 1.54) is 0 Å². The summed E-state index contributed by atoms with van der Waals surface area (Å²) in [6.07, 6.45) is 0. The van der Waals surface area contributed by atoms with Gasteiger partial charge in [0.05, 0.1) is 12.3 Å². The average molecular weight is 363 g/mol. The third-order valence-electron chi connectivity index (χ3n) is 2.21. The minimum absolute atomic E-state index is 0.158. The Morgan fingerprint density at radius 2 is 1.95 bits per heavy atom. The molecule has 5 nitrogen and oxygen atoms in total. The Hall–Kier alpha value is -0.920. The molecule has 1 aromatic carbocycles. The molecule has 112 valence electrons. The summed E-state index contributed by atoms with van der Waals surface area (Å²) in [4.78, 5) is 11.6. The number of rotatable bonds is 5. The van der Waals surface area contributed by atoms with Crippen molar-refractivity contribution in [3.8, 4) is 0 Å². The fourth-order valence-electron chi connectivity index (χ4n) is 1.54. The van der Waals surface area contributed by atoms with Crippen LogP contribution in [0.15, 0.2) is 28.7 Å². The average Bonchev–Trinajstić information content (AvgIpc) is 2.23. The topological polar surface area (TPSA) is 75.3 Å². The molecule has 2 N–H and O–H groups in total. The van der Waals surface area contributed by atoms with E-state index in [9.17, 15) is 13.2 Å². The van der Waals surface area contributed by atoms with Gasteiger partial charge in [-0.05, 0) is 38.5 Å². The highest BCUT2D eigenvalue weighted by atomic mass is 79.9. The molecule has 1 aromatic rings. The second kappa shape index (κ2) is 6.69. The summed E-state index contributed by atoms with van der Waals surface area (Å²) in [7, 11) is -3.53. The summed E-state index contributed by atoms with van der Waals surface area (Å²) in [5.41, 5.74) is 0.274. The van der Waals surface area contributed by atoms with Crippen LogP contribution in [0.5, 0.6) is 0 Å². The number of hydrogen-bond acceptors (Lipinski definition) is 3. The van der Waals surface area contributed by atoms with Crippen molar-refractivity contribution in [2.45, 2.75) is 32.1 Å². The monoisotopic (exact) mass is 362 g/mol. The normalized spacial score (nSPS) is 12.2. The second-order valence-electron chi connectivity index (χ2n) is 5.51. The molecule has 7 heteroatoms. The highest BCUT2D eigenvalue weighted by Gasteiger charge is 2.17. The Balaban J connectivity index is 2.56. The molecule has 0 atom stereocenters. The molecule has 0 aliphatic carbocycles. The van der Waals surface area contributed by atoms with Crippen LogP contribution in [0, 0.1) is 0 Å². The smallest absolute Gasteiger partial charge is 0.235 e. The molecule has 0 aromatic heterocycles. The largest absolute Gasteiger partial charge is 0.350 e. The van der Waals surface area contributed by atoms with Crippen molar-refractivity contribution in [1.29, 1.82) is 0 Å². The van der Waals surface area contributed by atoms with Crippen molar-refractivity contribution in [2.75, 3.05) is 6.54 Å². The first kappa shape index (κ1) is 17.1. The van der Waals surface area contributed by atoms with Gasteiger partial charge < -0.3 is 5.32 Å². The molecule has 20 heavy (non-hydrogen) atoms. The maximum atomic E-state index is 11.9. The van der Waals surface area contributed by atoms with E-state index < -0.39 is 10.0 Å². The number of benzene rings is 1. The van der Waals surface area contributed by atoms with Gasteiger partial charge in [-0.2, -0.15) is 0 Å². The van der Waals surface area contributed by atoms with E-state index in [0.29, 0.717) is 5.56 Å². The van der Waals surface area contributed by atoms with E-state index in [1.807, 2.05) is 26.8 Å². The molecule has 0 unspecified atom stereocenters. The van der Waals surface area contributed by atoms with Gasteiger partial charge in [-0.25, -0.2) is 13.1 Å². The molecule has 0 radical (unpaired) electrons. The zero-order valence-electron chi connectivity index (χ0n) is 11.7.